The lowest BCUT2D eigenvalue weighted by Crippen LogP contribution is -1.94. The molecule has 0 aromatic carbocycles. The maximum atomic E-state index is 9.01. The van der Waals surface area contributed by atoms with Crippen molar-refractivity contribution >= 4 is 22.6 Å². The number of aliphatic hydroxyl groups excluding tert-OH is 1. The molecular weight excluding hydrogens is 188 g/mol. The lowest BCUT2D eigenvalue weighted by Gasteiger charge is -1.99. The topological polar surface area (TPSA) is 38.0 Å². The standard InChI is InChI=1S/C9H9ClN2O/c1-12-7(5-13)3-8-9(12)2-6(10)4-11-8/h2-4,13H,5H2,1H3. The normalized spacial score (nSPS) is 11.0. The van der Waals surface area contributed by atoms with Crippen LogP contribution in [-0.2, 0) is 13.7 Å². The zero-order valence-corrected chi connectivity index (χ0v) is 7.91. The van der Waals surface area contributed by atoms with Gasteiger partial charge in [-0.15, -0.1) is 0 Å². The largest absolute Gasteiger partial charge is 0.390 e. The highest BCUT2D eigenvalue weighted by Crippen LogP contribution is 2.19. The summed E-state index contributed by atoms with van der Waals surface area (Å²) < 4.78 is 1.88. The fourth-order valence-corrected chi connectivity index (χ4v) is 1.53. The van der Waals surface area contributed by atoms with Crippen molar-refractivity contribution in [3.05, 3.63) is 29.0 Å². The number of halogens is 1. The van der Waals surface area contributed by atoms with Gasteiger partial charge in [0, 0.05) is 18.9 Å². The lowest BCUT2D eigenvalue weighted by atomic mass is 10.4. The van der Waals surface area contributed by atoms with Crippen molar-refractivity contribution in [2.75, 3.05) is 0 Å². The molecule has 2 heterocycles. The molecule has 0 atom stereocenters. The maximum absolute atomic E-state index is 9.01. The molecule has 0 aliphatic carbocycles. The van der Waals surface area contributed by atoms with Gasteiger partial charge in [0.15, 0.2) is 0 Å². The highest BCUT2D eigenvalue weighted by atomic mass is 35.5. The summed E-state index contributed by atoms with van der Waals surface area (Å²) in [5, 5.41) is 9.62. The Kier molecular flexibility index (Phi) is 1.98. The van der Waals surface area contributed by atoms with Crippen LogP contribution in [0, 0.1) is 0 Å². The monoisotopic (exact) mass is 196 g/mol. The number of hydrogen-bond donors (Lipinski definition) is 1. The van der Waals surface area contributed by atoms with E-state index in [0.29, 0.717) is 5.02 Å². The quantitative estimate of drug-likeness (QED) is 0.754. The molecule has 0 aliphatic heterocycles. The van der Waals surface area contributed by atoms with Gasteiger partial charge in [0.2, 0.25) is 0 Å². The minimum Gasteiger partial charge on any atom is -0.390 e. The van der Waals surface area contributed by atoms with E-state index >= 15 is 0 Å². The minimum atomic E-state index is 0.0183. The molecule has 3 nitrogen and oxygen atoms in total. The third kappa shape index (κ3) is 1.30. The highest BCUT2D eigenvalue weighted by Gasteiger charge is 2.05. The smallest absolute Gasteiger partial charge is 0.0885 e. The van der Waals surface area contributed by atoms with E-state index in [0.717, 1.165) is 16.7 Å². The van der Waals surface area contributed by atoms with E-state index in [2.05, 4.69) is 4.98 Å². The fourth-order valence-electron chi connectivity index (χ4n) is 1.38. The number of pyridine rings is 1. The van der Waals surface area contributed by atoms with Gasteiger partial charge in [-0.25, -0.2) is 0 Å². The average molecular weight is 197 g/mol. The minimum absolute atomic E-state index is 0.0183. The first-order valence-corrected chi connectivity index (χ1v) is 4.31. The summed E-state index contributed by atoms with van der Waals surface area (Å²) in [6, 6.07) is 3.69. The molecule has 0 unspecified atom stereocenters. The van der Waals surface area contributed by atoms with E-state index in [4.69, 9.17) is 16.7 Å². The number of aliphatic hydroxyl groups is 1. The molecule has 13 heavy (non-hydrogen) atoms. The number of aryl methyl sites for hydroxylation is 1. The van der Waals surface area contributed by atoms with Gasteiger partial charge in [0.1, 0.15) is 0 Å². The predicted octanol–water partition coefficient (Wildman–Crippen LogP) is 1.72. The fraction of sp³-hybridized carbons (Fsp3) is 0.222. The summed E-state index contributed by atoms with van der Waals surface area (Å²) in [6.45, 7) is 0.0183. The molecule has 0 amide bonds. The molecule has 0 radical (unpaired) electrons. The van der Waals surface area contributed by atoms with E-state index < -0.39 is 0 Å². The molecule has 0 saturated heterocycles. The van der Waals surface area contributed by atoms with Crippen LogP contribution in [0.25, 0.3) is 11.0 Å². The van der Waals surface area contributed by atoms with Crippen molar-refractivity contribution in [1.29, 1.82) is 0 Å². The molecule has 2 rings (SSSR count). The molecule has 2 aromatic heterocycles. The zero-order chi connectivity index (χ0) is 9.42. The second-order valence-corrected chi connectivity index (χ2v) is 3.35. The Morgan fingerprint density at radius 3 is 3.00 bits per heavy atom. The first-order valence-electron chi connectivity index (χ1n) is 3.93. The maximum Gasteiger partial charge on any atom is 0.0885 e. The van der Waals surface area contributed by atoms with Crippen molar-refractivity contribution in [3.8, 4) is 0 Å². The van der Waals surface area contributed by atoms with Gasteiger partial charge in [0.25, 0.3) is 0 Å². The van der Waals surface area contributed by atoms with E-state index in [-0.39, 0.29) is 6.61 Å². The van der Waals surface area contributed by atoms with Crippen molar-refractivity contribution in [1.82, 2.24) is 9.55 Å². The predicted molar refractivity (Wildman–Crippen MR) is 51.6 cm³/mol. The summed E-state index contributed by atoms with van der Waals surface area (Å²) in [4.78, 5) is 4.15. The number of hydrogen-bond acceptors (Lipinski definition) is 2. The van der Waals surface area contributed by atoms with Gasteiger partial charge in [-0.3, -0.25) is 4.98 Å². The molecular formula is C9H9ClN2O. The zero-order valence-electron chi connectivity index (χ0n) is 7.16. The van der Waals surface area contributed by atoms with Crippen LogP contribution in [0.2, 0.25) is 5.02 Å². The van der Waals surface area contributed by atoms with Crippen LogP contribution in [0.1, 0.15) is 5.69 Å². The van der Waals surface area contributed by atoms with Crippen LogP contribution in [0.3, 0.4) is 0 Å². The third-order valence-corrected chi connectivity index (χ3v) is 2.33. The van der Waals surface area contributed by atoms with E-state index in [1.807, 2.05) is 23.7 Å². The van der Waals surface area contributed by atoms with Gasteiger partial charge in [-0.2, -0.15) is 0 Å². The second-order valence-electron chi connectivity index (χ2n) is 2.91. The van der Waals surface area contributed by atoms with Gasteiger partial charge < -0.3 is 9.67 Å². The van der Waals surface area contributed by atoms with E-state index in [9.17, 15) is 0 Å². The summed E-state index contributed by atoms with van der Waals surface area (Å²) in [7, 11) is 1.88. The molecule has 2 aromatic rings. The van der Waals surface area contributed by atoms with Crippen LogP contribution in [0.15, 0.2) is 18.3 Å². The number of fused-ring (bicyclic) bond motifs is 1. The van der Waals surface area contributed by atoms with Gasteiger partial charge >= 0.3 is 0 Å². The van der Waals surface area contributed by atoms with Crippen molar-refractivity contribution in [2.45, 2.75) is 6.61 Å². The van der Waals surface area contributed by atoms with Crippen molar-refractivity contribution in [2.24, 2.45) is 7.05 Å². The van der Waals surface area contributed by atoms with Gasteiger partial charge in [-0.1, -0.05) is 11.6 Å². The number of aromatic nitrogens is 2. The second kappa shape index (κ2) is 3.01. The summed E-state index contributed by atoms with van der Waals surface area (Å²) in [6.07, 6.45) is 1.60. The van der Waals surface area contributed by atoms with Gasteiger partial charge in [0.05, 0.1) is 22.7 Å². The Bertz CT molecular complexity index is 450. The van der Waals surface area contributed by atoms with Crippen LogP contribution in [-0.4, -0.2) is 14.7 Å². The van der Waals surface area contributed by atoms with E-state index in [1.54, 1.807) is 6.20 Å². The number of rotatable bonds is 1. The van der Waals surface area contributed by atoms with Crippen molar-refractivity contribution in [3.63, 3.8) is 0 Å². The molecule has 0 spiro atoms. The lowest BCUT2D eigenvalue weighted by molar-refractivity contribution is 0.273. The first-order chi connectivity index (χ1) is 6.22. The molecule has 0 saturated carbocycles. The molecule has 1 N–H and O–H groups in total. The Labute approximate surface area is 80.6 Å². The van der Waals surface area contributed by atoms with Crippen LogP contribution < -0.4 is 0 Å². The summed E-state index contributed by atoms with van der Waals surface area (Å²) in [5.74, 6) is 0. The highest BCUT2D eigenvalue weighted by molar-refractivity contribution is 6.31. The third-order valence-electron chi connectivity index (χ3n) is 2.12. The molecule has 0 bridgehead atoms. The Balaban J connectivity index is 2.77. The first kappa shape index (κ1) is 8.53. The number of nitrogens with zero attached hydrogens (tertiary/aromatic N) is 2. The van der Waals surface area contributed by atoms with Crippen LogP contribution in [0.5, 0.6) is 0 Å². The Morgan fingerprint density at radius 1 is 1.54 bits per heavy atom. The Morgan fingerprint density at radius 2 is 2.31 bits per heavy atom. The molecule has 68 valence electrons. The SMILES string of the molecule is Cn1c(CO)cc2ncc(Cl)cc21. The molecule has 4 heteroatoms. The van der Waals surface area contributed by atoms with Crippen LogP contribution >= 0.6 is 11.6 Å². The average Bonchev–Trinajstić information content (AvgIpc) is 2.44. The molecule has 0 fully saturated rings. The van der Waals surface area contributed by atoms with Crippen LogP contribution in [0.4, 0.5) is 0 Å². The van der Waals surface area contributed by atoms with Crippen molar-refractivity contribution < 1.29 is 5.11 Å². The Hall–Kier alpha value is -1.06. The molecule has 0 aliphatic rings. The summed E-state index contributed by atoms with van der Waals surface area (Å²) in [5.41, 5.74) is 2.64. The van der Waals surface area contributed by atoms with Gasteiger partial charge in [-0.05, 0) is 12.1 Å². The van der Waals surface area contributed by atoms with E-state index in [1.165, 1.54) is 0 Å². The summed E-state index contributed by atoms with van der Waals surface area (Å²) >= 11 is 5.80.